The van der Waals surface area contributed by atoms with E-state index in [0.717, 1.165) is 5.69 Å². The smallest absolute Gasteiger partial charge is 0.275 e. The van der Waals surface area contributed by atoms with Gasteiger partial charge in [-0.05, 0) is 42.8 Å². The minimum Gasteiger partial charge on any atom is -0.360 e. The predicted molar refractivity (Wildman–Crippen MR) is 103 cm³/mol. The van der Waals surface area contributed by atoms with Crippen LogP contribution in [0.4, 0.5) is 5.69 Å². The summed E-state index contributed by atoms with van der Waals surface area (Å²) in [7, 11) is 0. The molecule has 0 bridgehead atoms. The van der Waals surface area contributed by atoms with Crippen molar-refractivity contribution in [1.82, 2.24) is 16.0 Å². The zero-order chi connectivity index (χ0) is 18.6. The molecule has 0 atom stereocenters. The highest BCUT2D eigenvalue weighted by Gasteiger charge is 2.22. The monoisotopic (exact) mass is 360 g/mol. The molecule has 7 heteroatoms. The van der Waals surface area contributed by atoms with E-state index in [-0.39, 0.29) is 11.8 Å². The number of hydrazine groups is 1. The number of thiocarbonyl (C=S) groups is 1. The Morgan fingerprint density at radius 2 is 1.72 bits per heavy atom. The zero-order valence-corrected chi connectivity index (χ0v) is 16.0. The standard InChI is InChI=1S/C18H24N4O2S/c1-10(2)13-6-8-14(9-7-13)19-18(25)21-20-17(23)15-12(5)22-24-16(15)11(3)4/h6-11H,1-5H3,(H,20,23)(H2,19,21,25). The maximum Gasteiger partial charge on any atom is 0.275 e. The van der Waals surface area contributed by atoms with Gasteiger partial charge in [0.1, 0.15) is 5.56 Å². The number of benzene rings is 1. The topological polar surface area (TPSA) is 79.2 Å². The van der Waals surface area contributed by atoms with Crippen molar-refractivity contribution in [1.29, 1.82) is 0 Å². The minimum atomic E-state index is -0.332. The third-order valence-corrected chi connectivity index (χ3v) is 3.97. The van der Waals surface area contributed by atoms with E-state index in [4.69, 9.17) is 16.7 Å². The van der Waals surface area contributed by atoms with Gasteiger partial charge in [-0.25, -0.2) is 0 Å². The molecule has 0 spiro atoms. The number of nitrogens with zero attached hydrogens (tertiary/aromatic N) is 1. The predicted octanol–water partition coefficient (Wildman–Crippen LogP) is 3.86. The van der Waals surface area contributed by atoms with E-state index in [1.54, 1.807) is 6.92 Å². The summed E-state index contributed by atoms with van der Waals surface area (Å²) in [6.07, 6.45) is 0. The Kier molecular flexibility index (Phi) is 6.14. The molecule has 0 aliphatic carbocycles. The minimum absolute atomic E-state index is 0.0616. The molecule has 0 unspecified atom stereocenters. The molecule has 0 saturated heterocycles. The lowest BCUT2D eigenvalue weighted by atomic mass is 10.0. The lowest BCUT2D eigenvalue weighted by Gasteiger charge is -2.13. The number of aryl methyl sites for hydroxylation is 1. The molecular formula is C18H24N4O2S. The Hall–Kier alpha value is -2.41. The summed E-state index contributed by atoms with van der Waals surface area (Å²) in [5, 5.41) is 7.19. The molecule has 2 aromatic rings. The Labute approximate surface area is 153 Å². The molecule has 1 aromatic heterocycles. The number of hydrogen-bond acceptors (Lipinski definition) is 4. The normalized spacial score (nSPS) is 10.8. The molecule has 6 nitrogen and oxygen atoms in total. The number of anilines is 1. The van der Waals surface area contributed by atoms with Crippen molar-refractivity contribution in [2.45, 2.75) is 46.5 Å². The highest BCUT2D eigenvalue weighted by molar-refractivity contribution is 7.80. The summed E-state index contributed by atoms with van der Waals surface area (Å²) in [5.74, 6) is 0.758. The number of carbonyl (C=O) groups is 1. The van der Waals surface area contributed by atoms with Gasteiger partial charge in [0, 0.05) is 11.6 Å². The summed E-state index contributed by atoms with van der Waals surface area (Å²) in [6, 6.07) is 7.99. The Morgan fingerprint density at radius 1 is 1.08 bits per heavy atom. The van der Waals surface area contributed by atoms with Gasteiger partial charge >= 0.3 is 0 Å². The Bertz CT molecular complexity index is 751. The van der Waals surface area contributed by atoms with Gasteiger partial charge in [0.2, 0.25) is 0 Å². The summed E-state index contributed by atoms with van der Waals surface area (Å²) in [4.78, 5) is 12.4. The maximum absolute atomic E-state index is 12.4. The number of nitrogens with one attached hydrogen (secondary N) is 3. The van der Waals surface area contributed by atoms with Crippen LogP contribution in [0, 0.1) is 6.92 Å². The molecule has 0 aliphatic rings. The van der Waals surface area contributed by atoms with Crippen LogP contribution in [-0.2, 0) is 0 Å². The first-order valence-electron chi connectivity index (χ1n) is 8.23. The molecule has 3 N–H and O–H groups in total. The molecule has 0 saturated carbocycles. The fourth-order valence-corrected chi connectivity index (χ4v) is 2.52. The number of carbonyl (C=O) groups excluding carboxylic acids is 1. The summed E-state index contributed by atoms with van der Waals surface area (Å²) in [6.45, 7) is 9.90. The first-order valence-corrected chi connectivity index (χ1v) is 8.63. The molecule has 1 aromatic carbocycles. The first-order chi connectivity index (χ1) is 11.8. The van der Waals surface area contributed by atoms with Crippen LogP contribution in [0.1, 0.15) is 66.9 Å². The number of aromatic nitrogens is 1. The Morgan fingerprint density at radius 3 is 2.28 bits per heavy atom. The van der Waals surface area contributed by atoms with Crippen LogP contribution in [-0.4, -0.2) is 16.2 Å². The van der Waals surface area contributed by atoms with Crippen LogP contribution in [0.2, 0.25) is 0 Å². The van der Waals surface area contributed by atoms with Crippen molar-refractivity contribution in [3.63, 3.8) is 0 Å². The summed E-state index contributed by atoms with van der Waals surface area (Å²) >= 11 is 5.21. The van der Waals surface area contributed by atoms with E-state index in [0.29, 0.717) is 28.0 Å². The van der Waals surface area contributed by atoms with Gasteiger partial charge < -0.3 is 9.84 Å². The quantitative estimate of drug-likeness (QED) is 0.567. The van der Waals surface area contributed by atoms with Crippen molar-refractivity contribution in [2.75, 3.05) is 5.32 Å². The largest absolute Gasteiger partial charge is 0.360 e. The van der Waals surface area contributed by atoms with Gasteiger partial charge in [-0.15, -0.1) is 0 Å². The lowest BCUT2D eigenvalue weighted by Crippen LogP contribution is -2.44. The molecule has 25 heavy (non-hydrogen) atoms. The fourth-order valence-electron chi connectivity index (χ4n) is 2.35. The molecule has 1 heterocycles. The van der Waals surface area contributed by atoms with E-state index in [1.165, 1.54) is 5.56 Å². The second-order valence-electron chi connectivity index (χ2n) is 6.47. The number of amides is 1. The summed E-state index contributed by atoms with van der Waals surface area (Å²) < 4.78 is 5.22. The second-order valence-corrected chi connectivity index (χ2v) is 6.88. The van der Waals surface area contributed by atoms with Crippen LogP contribution in [0.5, 0.6) is 0 Å². The fraction of sp³-hybridized carbons (Fsp3) is 0.389. The third-order valence-electron chi connectivity index (χ3n) is 3.77. The highest BCUT2D eigenvalue weighted by atomic mass is 32.1. The molecule has 0 radical (unpaired) electrons. The summed E-state index contributed by atoms with van der Waals surface area (Å²) in [5.41, 5.74) is 8.36. The van der Waals surface area contributed by atoms with E-state index >= 15 is 0 Å². The van der Waals surface area contributed by atoms with E-state index in [1.807, 2.05) is 38.1 Å². The van der Waals surface area contributed by atoms with Crippen LogP contribution >= 0.6 is 12.2 Å². The molecule has 134 valence electrons. The van der Waals surface area contributed by atoms with Crippen molar-refractivity contribution >= 4 is 28.9 Å². The Balaban J connectivity index is 1.94. The van der Waals surface area contributed by atoms with Crippen LogP contribution in [0.25, 0.3) is 0 Å². The van der Waals surface area contributed by atoms with Gasteiger partial charge in [0.15, 0.2) is 10.9 Å². The number of hydrogen-bond donors (Lipinski definition) is 3. The first kappa shape index (κ1) is 18.9. The highest BCUT2D eigenvalue weighted by Crippen LogP contribution is 2.22. The van der Waals surface area contributed by atoms with E-state index in [9.17, 15) is 4.79 Å². The van der Waals surface area contributed by atoms with Gasteiger partial charge in [-0.1, -0.05) is 45.0 Å². The maximum atomic E-state index is 12.4. The lowest BCUT2D eigenvalue weighted by molar-refractivity contribution is 0.0941. The van der Waals surface area contributed by atoms with E-state index in [2.05, 4.69) is 35.2 Å². The molecule has 2 rings (SSSR count). The van der Waals surface area contributed by atoms with Crippen molar-refractivity contribution in [3.8, 4) is 0 Å². The molecule has 1 amide bonds. The van der Waals surface area contributed by atoms with Crippen molar-refractivity contribution in [3.05, 3.63) is 46.8 Å². The van der Waals surface area contributed by atoms with Crippen LogP contribution in [0.3, 0.4) is 0 Å². The average molecular weight is 360 g/mol. The molecule has 0 fully saturated rings. The van der Waals surface area contributed by atoms with Crippen molar-refractivity contribution in [2.24, 2.45) is 0 Å². The van der Waals surface area contributed by atoms with Gasteiger partial charge in [0.25, 0.3) is 5.91 Å². The molecular weight excluding hydrogens is 336 g/mol. The van der Waals surface area contributed by atoms with Gasteiger partial charge in [-0.3, -0.25) is 15.6 Å². The van der Waals surface area contributed by atoms with Gasteiger partial charge in [0.05, 0.1) is 5.69 Å². The van der Waals surface area contributed by atoms with Crippen LogP contribution < -0.4 is 16.2 Å². The SMILES string of the molecule is Cc1noc(C(C)C)c1C(=O)NNC(=S)Nc1ccc(C(C)C)cc1. The average Bonchev–Trinajstić information content (AvgIpc) is 2.95. The van der Waals surface area contributed by atoms with E-state index < -0.39 is 0 Å². The third kappa shape index (κ3) is 4.79. The van der Waals surface area contributed by atoms with Crippen molar-refractivity contribution < 1.29 is 9.32 Å². The second kappa shape index (κ2) is 8.11. The van der Waals surface area contributed by atoms with Crippen LogP contribution in [0.15, 0.2) is 28.8 Å². The zero-order valence-electron chi connectivity index (χ0n) is 15.1. The molecule has 0 aliphatic heterocycles. The van der Waals surface area contributed by atoms with Gasteiger partial charge in [-0.2, -0.15) is 0 Å². The number of rotatable bonds is 4.